The van der Waals surface area contributed by atoms with Gasteiger partial charge in [-0.05, 0) is 30.3 Å². The summed E-state index contributed by atoms with van der Waals surface area (Å²) in [4.78, 5) is 23.8. The molecule has 1 aliphatic heterocycles. The van der Waals surface area contributed by atoms with Crippen LogP contribution in [-0.4, -0.2) is 25.6 Å². The van der Waals surface area contributed by atoms with Crippen molar-refractivity contribution in [2.45, 2.75) is 0 Å². The zero-order valence-electron chi connectivity index (χ0n) is 13.1. The highest BCUT2D eigenvalue weighted by atomic mass is 16.5. The summed E-state index contributed by atoms with van der Waals surface area (Å²) >= 11 is 0. The molecule has 0 spiro atoms. The van der Waals surface area contributed by atoms with Crippen LogP contribution in [0, 0.1) is 0 Å². The average molecular weight is 323 g/mol. The SMILES string of the molecule is CNC(=O)Nc1cccc(NC(=O)C2=Cc3ccccc3OC2)c1. The largest absolute Gasteiger partial charge is 0.488 e. The smallest absolute Gasteiger partial charge is 0.318 e. The first-order chi connectivity index (χ1) is 11.7. The fraction of sp³-hybridized carbons (Fsp3) is 0.111. The summed E-state index contributed by atoms with van der Waals surface area (Å²) in [6.45, 7) is 0.221. The fourth-order valence-electron chi connectivity index (χ4n) is 2.33. The summed E-state index contributed by atoms with van der Waals surface area (Å²) in [6.07, 6.45) is 1.82. The first kappa shape index (κ1) is 15.6. The van der Waals surface area contributed by atoms with Gasteiger partial charge >= 0.3 is 6.03 Å². The van der Waals surface area contributed by atoms with E-state index in [0.717, 1.165) is 11.3 Å². The molecule has 0 unspecified atom stereocenters. The lowest BCUT2D eigenvalue weighted by Crippen LogP contribution is -2.24. The molecule has 0 fully saturated rings. The second kappa shape index (κ2) is 6.87. The Bertz CT molecular complexity index is 815. The average Bonchev–Trinajstić information content (AvgIpc) is 2.61. The van der Waals surface area contributed by atoms with Crippen LogP contribution in [0.3, 0.4) is 0 Å². The molecule has 6 heteroatoms. The minimum absolute atomic E-state index is 0.221. The summed E-state index contributed by atoms with van der Waals surface area (Å²) in [7, 11) is 1.54. The van der Waals surface area contributed by atoms with Crippen LogP contribution in [0.25, 0.3) is 6.08 Å². The molecule has 0 aliphatic carbocycles. The van der Waals surface area contributed by atoms with Gasteiger partial charge in [-0.1, -0.05) is 24.3 Å². The van der Waals surface area contributed by atoms with Crippen molar-refractivity contribution in [3.8, 4) is 5.75 Å². The van der Waals surface area contributed by atoms with Crippen molar-refractivity contribution in [2.24, 2.45) is 0 Å². The summed E-state index contributed by atoms with van der Waals surface area (Å²) in [5, 5.41) is 7.94. The Kier molecular flexibility index (Phi) is 4.47. The van der Waals surface area contributed by atoms with Gasteiger partial charge in [0.25, 0.3) is 5.91 Å². The van der Waals surface area contributed by atoms with Crippen LogP contribution >= 0.6 is 0 Å². The Morgan fingerprint density at radius 3 is 2.54 bits per heavy atom. The zero-order valence-corrected chi connectivity index (χ0v) is 13.1. The number of para-hydroxylation sites is 1. The van der Waals surface area contributed by atoms with Crippen LogP contribution in [0.4, 0.5) is 16.2 Å². The number of ether oxygens (including phenoxy) is 1. The molecular weight excluding hydrogens is 306 g/mol. The molecule has 2 aromatic carbocycles. The van der Waals surface area contributed by atoms with Crippen LogP contribution in [-0.2, 0) is 4.79 Å². The lowest BCUT2D eigenvalue weighted by molar-refractivity contribution is -0.113. The van der Waals surface area contributed by atoms with Gasteiger partial charge in [-0.25, -0.2) is 4.79 Å². The number of hydrogen-bond donors (Lipinski definition) is 3. The quantitative estimate of drug-likeness (QED) is 0.812. The van der Waals surface area contributed by atoms with E-state index in [-0.39, 0.29) is 18.5 Å². The Balaban J connectivity index is 1.73. The third kappa shape index (κ3) is 3.55. The second-order valence-corrected chi connectivity index (χ2v) is 5.24. The van der Waals surface area contributed by atoms with E-state index in [1.807, 2.05) is 30.3 Å². The summed E-state index contributed by atoms with van der Waals surface area (Å²) < 4.78 is 5.59. The van der Waals surface area contributed by atoms with Crippen molar-refractivity contribution >= 4 is 29.4 Å². The minimum Gasteiger partial charge on any atom is -0.488 e. The van der Waals surface area contributed by atoms with Crippen molar-refractivity contribution in [3.63, 3.8) is 0 Å². The number of fused-ring (bicyclic) bond motifs is 1. The molecule has 0 aromatic heterocycles. The fourth-order valence-corrected chi connectivity index (χ4v) is 2.33. The molecule has 0 saturated carbocycles. The summed E-state index contributed by atoms with van der Waals surface area (Å²) in [5.41, 5.74) is 2.60. The van der Waals surface area contributed by atoms with Crippen molar-refractivity contribution < 1.29 is 14.3 Å². The van der Waals surface area contributed by atoms with Crippen molar-refractivity contribution in [3.05, 3.63) is 59.7 Å². The van der Waals surface area contributed by atoms with Gasteiger partial charge in [0.05, 0.1) is 5.57 Å². The van der Waals surface area contributed by atoms with E-state index in [9.17, 15) is 9.59 Å². The molecule has 2 aromatic rings. The molecule has 0 bridgehead atoms. The van der Waals surface area contributed by atoms with E-state index in [4.69, 9.17) is 4.74 Å². The van der Waals surface area contributed by atoms with Gasteiger partial charge < -0.3 is 20.7 Å². The van der Waals surface area contributed by atoms with Gasteiger partial charge in [0, 0.05) is 24.0 Å². The van der Waals surface area contributed by atoms with Crippen LogP contribution < -0.4 is 20.7 Å². The summed E-state index contributed by atoms with van der Waals surface area (Å²) in [5.74, 6) is 0.535. The van der Waals surface area contributed by atoms with Gasteiger partial charge in [0.2, 0.25) is 0 Å². The molecule has 24 heavy (non-hydrogen) atoms. The topological polar surface area (TPSA) is 79.5 Å². The number of amides is 3. The van der Waals surface area contributed by atoms with Crippen LogP contribution in [0.5, 0.6) is 5.75 Å². The molecule has 0 radical (unpaired) electrons. The Morgan fingerprint density at radius 2 is 1.75 bits per heavy atom. The first-order valence-corrected chi connectivity index (χ1v) is 7.48. The van der Waals surface area contributed by atoms with E-state index in [1.165, 1.54) is 7.05 Å². The number of anilines is 2. The highest BCUT2D eigenvalue weighted by Crippen LogP contribution is 2.26. The van der Waals surface area contributed by atoms with E-state index in [0.29, 0.717) is 16.9 Å². The van der Waals surface area contributed by atoms with Gasteiger partial charge in [0.15, 0.2) is 0 Å². The molecule has 122 valence electrons. The number of nitrogens with one attached hydrogen (secondary N) is 3. The lowest BCUT2D eigenvalue weighted by atomic mass is 10.1. The number of hydrogen-bond acceptors (Lipinski definition) is 3. The number of carbonyl (C=O) groups is 2. The van der Waals surface area contributed by atoms with Crippen molar-refractivity contribution in [1.82, 2.24) is 5.32 Å². The van der Waals surface area contributed by atoms with Gasteiger partial charge in [-0.3, -0.25) is 4.79 Å². The van der Waals surface area contributed by atoms with Crippen molar-refractivity contribution in [1.29, 1.82) is 0 Å². The number of benzene rings is 2. The van der Waals surface area contributed by atoms with Crippen LogP contribution in [0.15, 0.2) is 54.1 Å². The zero-order chi connectivity index (χ0) is 16.9. The van der Waals surface area contributed by atoms with Gasteiger partial charge in [-0.2, -0.15) is 0 Å². The maximum atomic E-state index is 12.4. The molecule has 3 amide bonds. The lowest BCUT2D eigenvalue weighted by Gasteiger charge is -2.17. The van der Waals surface area contributed by atoms with E-state index in [2.05, 4.69) is 16.0 Å². The predicted molar refractivity (Wildman–Crippen MR) is 93.1 cm³/mol. The Labute approximate surface area is 139 Å². The first-order valence-electron chi connectivity index (χ1n) is 7.48. The number of urea groups is 1. The minimum atomic E-state index is -0.321. The number of rotatable bonds is 3. The molecule has 3 N–H and O–H groups in total. The molecule has 1 aliphatic rings. The molecule has 3 rings (SSSR count). The van der Waals surface area contributed by atoms with E-state index < -0.39 is 0 Å². The highest BCUT2D eigenvalue weighted by molar-refractivity contribution is 6.07. The maximum Gasteiger partial charge on any atom is 0.318 e. The molecule has 1 heterocycles. The number of carbonyl (C=O) groups excluding carboxylic acids is 2. The molecule has 0 atom stereocenters. The predicted octanol–water partition coefficient (Wildman–Crippen LogP) is 2.85. The monoisotopic (exact) mass is 323 g/mol. The van der Waals surface area contributed by atoms with Gasteiger partial charge in [0.1, 0.15) is 12.4 Å². The highest BCUT2D eigenvalue weighted by Gasteiger charge is 2.17. The molecular formula is C18H17N3O3. The third-order valence-corrected chi connectivity index (χ3v) is 3.53. The Hall–Kier alpha value is -3.28. The van der Waals surface area contributed by atoms with Gasteiger partial charge in [-0.15, -0.1) is 0 Å². The van der Waals surface area contributed by atoms with Crippen LogP contribution in [0.1, 0.15) is 5.56 Å². The third-order valence-electron chi connectivity index (χ3n) is 3.53. The van der Waals surface area contributed by atoms with Crippen LogP contribution in [0.2, 0.25) is 0 Å². The normalized spacial score (nSPS) is 12.3. The Morgan fingerprint density at radius 1 is 1.00 bits per heavy atom. The maximum absolute atomic E-state index is 12.4. The second-order valence-electron chi connectivity index (χ2n) is 5.24. The standard InChI is InChI=1S/C18H17N3O3/c1-19-18(23)21-15-7-4-6-14(10-15)20-17(22)13-9-12-5-2-3-8-16(12)24-11-13/h2-10H,11H2,1H3,(H,20,22)(H2,19,21,23). The molecule has 6 nitrogen and oxygen atoms in total. The van der Waals surface area contributed by atoms with E-state index in [1.54, 1.807) is 24.3 Å². The summed E-state index contributed by atoms with van der Waals surface area (Å²) in [6, 6.07) is 14.2. The molecule has 0 saturated heterocycles. The van der Waals surface area contributed by atoms with Crippen molar-refractivity contribution in [2.75, 3.05) is 24.3 Å². The van der Waals surface area contributed by atoms with E-state index >= 15 is 0 Å².